The first-order valence-corrected chi connectivity index (χ1v) is 4.20. The first-order valence-electron chi connectivity index (χ1n) is 4.20. The molecule has 3 heteroatoms. The van der Waals surface area contributed by atoms with Gasteiger partial charge in [0.1, 0.15) is 5.78 Å². The number of carbonyl (C=O) groups is 2. The van der Waals surface area contributed by atoms with Crippen LogP contribution in [-0.4, -0.2) is 16.9 Å². The van der Waals surface area contributed by atoms with Crippen molar-refractivity contribution in [2.45, 2.75) is 33.6 Å². The standard InChI is InChI=1S/C9H16O3/c1-6(2)8(10)5-4-7(3)9(11)12/h6-7H,4-5H2,1-3H3,(H,11,12)/t7-/m1/s1. The highest BCUT2D eigenvalue weighted by Crippen LogP contribution is 2.09. The highest BCUT2D eigenvalue weighted by atomic mass is 16.4. The Labute approximate surface area is 72.8 Å². The van der Waals surface area contributed by atoms with Crippen LogP contribution in [0.1, 0.15) is 33.6 Å². The zero-order chi connectivity index (χ0) is 9.72. The Morgan fingerprint density at radius 3 is 2.08 bits per heavy atom. The van der Waals surface area contributed by atoms with Crippen LogP contribution in [0.5, 0.6) is 0 Å². The topological polar surface area (TPSA) is 54.4 Å². The van der Waals surface area contributed by atoms with Gasteiger partial charge in [0.25, 0.3) is 0 Å². The molecule has 0 spiro atoms. The molecule has 1 N–H and O–H groups in total. The van der Waals surface area contributed by atoms with E-state index in [1.807, 2.05) is 13.8 Å². The second kappa shape index (κ2) is 4.91. The third-order valence-corrected chi connectivity index (χ3v) is 1.89. The molecule has 0 heterocycles. The molecular weight excluding hydrogens is 156 g/mol. The summed E-state index contributed by atoms with van der Waals surface area (Å²) in [4.78, 5) is 21.4. The summed E-state index contributed by atoms with van der Waals surface area (Å²) in [6, 6.07) is 0. The largest absolute Gasteiger partial charge is 0.481 e. The van der Waals surface area contributed by atoms with Gasteiger partial charge in [-0.2, -0.15) is 0 Å². The SMILES string of the molecule is CC(C)C(=O)CC[C@@H](C)C(=O)O. The molecule has 0 aromatic carbocycles. The number of carboxylic acids is 1. The van der Waals surface area contributed by atoms with E-state index in [0.29, 0.717) is 12.8 Å². The van der Waals surface area contributed by atoms with Gasteiger partial charge in [0.2, 0.25) is 0 Å². The number of rotatable bonds is 5. The van der Waals surface area contributed by atoms with Gasteiger partial charge in [-0.1, -0.05) is 20.8 Å². The Balaban J connectivity index is 3.69. The van der Waals surface area contributed by atoms with Gasteiger partial charge in [-0.05, 0) is 6.42 Å². The average molecular weight is 172 g/mol. The number of hydrogen-bond donors (Lipinski definition) is 1. The molecule has 0 rings (SSSR count). The van der Waals surface area contributed by atoms with Crippen LogP contribution in [0, 0.1) is 11.8 Å². The fraction of sp³-hybridized carbons (Fsp3) is 0.778. The van der Waals surface area contributed by atoms with Gasteiger partial charge in [0, 0.05) is 12.3 Å². The smallest absolute Gasteiger partial charge is 0.306 e. The molecule has 1 atom stereocenters. The van der Waals surface area contributed by atoms with E-state index < -0.39 is 11.9 Å². The van der Waals surface area contributed by atoms with Gasteiger partial charge >= 0.3 is 5.97 Å². The Hall–Kier alpha value is -0.860. The number of aliphatic carboxylic acids is 1. The Morgan fingerprint density at radius 1 is 1.25 bits per heavy atom. The molecule has 0 aliphatic heterocycles. The third kappa shape index (κ3) is 4.11. The number of ketones is 1. The van der Waals surface area contributed by atoms with E-state index in [9.17, 15) is 9.59 Å². The summed E-state index contributed by atoms with van der Waals surface area (Å²) in [5, 5.41) is 8.52. The zero-order valence-electron chi connectivity index (χ0n) is 7.83. The molecule has 0 fully saturated rings. The summed E-state index contributed by atoms with van der Waals surface area (Å²) in [5.74, 6) is -1.08. The van der Waals surface area contributed by atoms with E-state index in [4.69, 9.17) is 5.11 Å². The van der Waals surface area contributed by atoms with Gasteiger partial charge < -0.3 is 5.11 Å². The molecule has 0 saturated carbocycles. The van der Waals surface area contributed by atoms with Crippen LogP contribution in [0.2, 0.25) is 0 Å². The van der Waals surface area contributed by atoms with Crippen LogP contribution in [0.4, 0.5) is 0 Å². The maximum Gasteiger partial charge on any atom is 0.306 e. The predicted molar refractivity (Wildman–Crippen MR) is 45.9 cm³/mol. The molecule has 0 saturated heterocycles. The van der Waals surface area contributed by atoms with E-state index >= 15 is 0 Å². The lowest BCUT2D eigenvalue weighted by Gasteiger charge is -2.06. The number of carboxylic acid groups (broad SMARTS) is 1. The monoisotopic (exact) mass is 172 g/mol. The molecule has 0 radical (unpaired) electrons. The van der Waals surface area contributed by atoms with Gasteiger partial charge in [0.15, 0.2) is 0 Å². The first kappa shape index (κ1) is 11.1. The first-order chi connectivity index (χ1) is 5.45. The quantitative estimate of drug-likeness (QED) is 0.686. The molecule has 0 aromatic rings. The fourth-order valence-electron chi connectivity index (χ4n) is 0.771. The Bertz CT molecular complexity index is 173. The molecule has 70 valence electrons. The summed E-state index contributed by atoms with van der Waals surface area (Å²) in [5.41, 5.74) is 0. The van der Waals surface area contributed by atoms with Crippen molar-refractivity contribution in [3.05, 3.63) is 0 Å². The van der Waals surface area contributed by atoms with Crippen molar-refractivity contribution in [3.63, 3.8) is 0 Å². The lowest BCUT2D eigenvalue weighted by atomic mass is 9.99. The molecule has 0 bridgehead atoms. The minimum Gasteiger partial charge on any atom is -0.481 e. The van der Waals surface area contributed by atoms with E-state index in [2.05, 4.69) is 0 Å². The summed E-state index contributed by atoms with van der Waals surface area (Å²) in [6.07, 6.45) is 0.831. The van der Waals surface area contributed by atoms with Crippen molar-refractivity contribution in [3.8, 4) is 0 Å². The highest BCUT2D eigenvalue weighted by molar-refractivity contribution is 5.81. The number of hydrogen-bond acceptors (Lipinski definition) is 2. The maximum absolute atomic E-state index is 11.1. The molecule has 0 aromatic heterocycles. The predicted octanol–water partition coefficient (Wildman–Crippen LogP) is 1.71. The minimum atomic E-state index is -0.827. The fourth-order valence-corrected chi connectivity index (χ4v) is 0.771. The van der Waals surface area contributed by atoms with Crippen LogP contribution in [-0.2, 0) is 9.59 Å². The van der Waals surface area contributed by atoms with E-state index in [1.54, 1.807) is 6.92 Å². The van der Waals surface area contributed by atoms with E-state index in [0.717, 1.165) is 0 Å². The van der Waals surface area contributed by atoms with Crippen molar-refractivity contribution in [2.75, 3.05) is 0 Å². The minimum absolute atomic E-state index is 0.0194. The molecule has 0 aliphatic carbocycles. The zero-order valence-corrected chi connectivity index (χ0v) is 7.83. The van der Waals surface area contributed by atoms with Crippen molar-refractivity contribution in [1.29, 1.82) is 0 Å². The Kier molecular flexibility index (Phi) is 4.55. The molecule has 0 aliphatic rings. The molecule has 12 heavy (non-hydrogen) atoms. The summed E-state index contributed by atoms with van der Waals surface area (Å²) in [7, 11) is 0. The molecule has 0 unspecified atom stereocenters. The van der Waals surface area contributed by atoms with E-state index in [1.165, 1.54) is 0 Å². The van der Waals surface area contributed by atoms with Crippen molar-refractivity contribution >= 4 is 11.8 Å². The van der Waals surface area contributed by atoms with E-state index in [-0.39, 0.29) is 11.7 Å². The molecular formula is C9H16O3. The van der Waals surface area contributed by atoms with Crippen molar-refractivity contribution in [1.82, 2.24) is 0 Å². The van der Waals surface area contributed by atoms with Gasteiger partial charge in [-0.3, -0.25) is 9.59 Å². The summed E-state index contributed by atoms with van der Waals surface area (Å²) >= 11 is 0. The summed E-state index contributed by atoms with van der Waals surface area (Å²) in [6.45, 7) is 5.28. The number of Topliss-reactive ketones (excluding diaryl/α,β-unsaturated/α-hetero) is 1. The normalized spacial score (nSPS) is 13.0. The second-order valence-corrected chi connectivity index (χ2v) is 3.40. The number of carbonyl (C=O) groups excluding carboxylic acids is 1. The Morgan fingerprint density at radius 2 is 1.75 bits per heavy atom. The third-order valence-electron chi connectivity index (χ3n) is 1.89. The lowest BCUT2D eigenvalue weighted by molar-refractivity contribution is -0.141. The van der Waals surface area contributed by atoms with Crippen LogP contribution in [0.3, 0.4) is 0 Å². The van der Waals surface area contributed by atoms with Crippen LogP contribution in [0.25, 0.3) is 0 Å². The highest BCUT2D eigenvalue weighted by Gasteiger charge is 2.14. The van der Waals surface area contributed by atoms with Crippen LogP contribution < -0.4 is 0 Å². The van der Waals surface area contributed by atoms with Crippen LogP contribution >= 0.6 is 0 Å². The molecule has 0 amide bonds. The average Bonchev–Trinajstić information content (AvgIpc) is 1.98. The maximum atomic E-state index is 11.1. The second-order valence-electron chi connectivity index (χ2n) is 3.40. The lowest BCUT2D eigenvalue weighted by Crippen LogP contribution is -2.13. The summed E-state index contributed by atoms with van der Waals surface area (Å²) < 4.78 is 0. The molecule has 3 nitrogen and oxygen atoms in total. The van der Waals surface area contributed by atoms with Crippen molar-refractivity contribution < 1.29 is 14.7 Å². The van der Waals surface area contributed by atoms with Gasteiger partial charge in [-0.25, -0.2) is 0 Å². The van der Waals surface area contributed by atoms with Gasteiger partial charge in [-0.15, -0.1) is 0 Å². The van der Waals surface area contributed by atoms with Crippen LogP contribution in [0.15, 0.2) is 0 Å². The van der Waals surface area contributed by atoms with Crippen molar-refractivity contribution in [2.24, 2.45) is 11.8 Å². The van der Waals surface area contributed by atoms with Gasteiger partial charge in [0.05, 0.1) is 5.92 Å².